The molecule has 29 heavy (non-hydrogen) atoms. The molecule has 2 N–H and O–H groups in total. The highest BCUT2D eigenvalue weighted by molar-refractivity contribution is 6.12. The van der Waals surface area contributed by atoms with E-state index in [2.05, 4.69) is 41.2 Å². The summed E-state index contributed by atoms with van der Waals surface area (Å²) in [6.45, 7) is 2.06. The minimum atomic E-state index is -0.344. The molecule has 4 rings (SSSR count). The zero-order chi connectivity index (χ0) is 20.5. The number of carbonyl (C=O) groups is 1. The standard InChI is InChI=1S/C22H29N5O2/c1-5-18-25-20(23-14-7-9-15(10-8-14)27(2)3)19-16-12-13(22(28)29-4)6-11-17(16)24-21(19)26-18/h6,11-12,14-15H,5,7-10H2,1-4H3,(H2,23,24,25,26). The first-order valence-corrected chi connectivity index (χ1v) is 10.3. The number of methoxy groups -OCH3 is 1. The number of nitrogens with one attached hydrogen (secondary N) is 2. The Balaban J connectivity index is 1.74. The molecule has 0 bridgehead atoms. The van der Waals surface area contributed by atoms with Crippen LogP contribution in [-0.2, 0) is 11.2 Å². The first-order chi connectivity index (χ1) is 14.0. The van der Waals surface area contributed by atoms with E-state index in [9.17, 15) is 4.79 Å². The average Bonchev–Trinajstić information content (AvgIpc) is 3.11. The van der Waals surface area contributed by atoms with Crippen LogP contribution in [0.4, 0.5) is 5.82 Å². The minimum absolute atomic E-state index is 0.344. The van der Waals surface area contributed by atoms with E-state index in [-0.39, 0.29) is 5.97 Å². The number of rotatable bonds is 5. The third kappa shape index (κ3) is 3.79. The molecule has 0 unspecified atom stereocenters. The van der Waals surface area contributed by atoms with Crippen molar-refractivity contribution >= 4 is 33.7 Å². The van der Waals surface area contributed by atoms with Gasteiger partial charge in [0.05, 0.1) is 18.1 Å². The Labute approximate surface area is 170 Å². The van der Waals surface area contributed by atoms with E-state index in [0.29, 0.717) is 17.6 Å². The predicted molar refractivity (Wildman–Crippen MR) is 115 cm³/mol. The maximum Gasteiger partial charge on any atom is 0.337 e. The molecule has 1 fully saturated rings. The van der Waals surface area contributed by atoms with Gasteiger partial charge in [0.25, 0.3) is 0 Å². The van der Waals surface area contributed by atoms with Gasteiger partial charge < -0.3 is 19.9 Å². The Bertz CT molecular complexity index is 1030. The second kappa shape index (κ2) is 7.99. The molecule has 2 heterocycles. The summed E-state index contributed by atoms with van der Waals surface area (Å²) in [6.07, 6.45) is 5.36. The molecular formula is C22H29N5O2. The van der Waals surface area contributed by atoms with Gasteiger partial charge in [-0.2, -0.15) is 0 Å². The number of ether oxygens (including phenoxy) is 1. The molecular weight excluding hydrogens is 366 g/mol. The maximum atomic E-state index is 12.0. The van der Waals surface area contributed by atoms with Crippen LogP contribution in [0.5, 0.6) is 0 Å². The van der Waals surface area contributed by atoms with Crippen LogP contribution in [0.15, 0.2) is 18.2 Å². The second-order valence-corrected chi connectivity index (χ2v) is 8.06. The number of benzene rings is 1. The van der Waals surface area contributed by atoms with Crippen LogP contribution >= 0.6 is 0 Å². The van der Waals surface area contributed by atoms with Crippen LogP contribution in [0.2, 0.25) is 0 Å². The molecule has 1 aliphatic rings. The Morgan fingerprint density at radius 1 is 1.24 bits per heavy atom. The summed E-state index contributed by atoms with van der Waals surface area (Å²) in [6, 6.07) is 6.58. The Morgan fingerprint density at radius 2 is 2.00 bits per heavy atom. The Morgan fingerprint density at radius 3 is 2.66 bits per heavy atom. The number of aromatic nitrogens is 3. The van der Waals surface area contributed by atoms with Crippen LogP contribution < -0.4 is 5.32 Å². The Hall–Kier alpha value is -2.67. The van der Waals surface area contributed by atoms with E-state index in [1.165, 1.54) is 20.0 Å². The quantitative estimate of drug-likeness (QED) is 0.640. The van der Waals surface area contributed by atoms with Crippen molar-refractivity contribution in [2.75, 3.05) is 26.5 Å². The highest BCUT2D eigenvalue weighted by Gasteiger charge is 2.24. The molecule has 7 nitrogen and oxygen atoms in total. The Kier molecular flexibility index (Phi) is 5.41. The molecule has 0 amide bonds. The number of esters is 1. The van der Waals surface area contributed by atoms with E-state index in [0.717, 1.165) is 52.8 Å². The van der Waals surface area contributed by atoms with Gasteiger partial charge in [-0.1, -0.05) is 6.92 Å². The highest BCUT2D eigenvalue weighted by Crippen LogP contribution is 2.33. The van der Waals surface area contributed by atoms with Crippen LogP contribution in [0, 0.1) is 0 Å². The monoisotopic (exact) mass is 395 g/mol. The molecule has 1 saturated carbocycles. The van der Waals surface area contributed by atoms with Crippen LogP contribution in [0.25, 0.3) is 21.9 Å². The number of hydrogen-bond acceptors (Lipinski definition) is 6. The van der Waals surface area contributed by atoms with Gasteiger partial charge in [-0.25, -0.2) is 14.8 Å². The third-order valence-electron chi connectivity index (χ3n) is 6.00. The van der Waals surface area contributed by atoms with Crippen LogP contribution in [0.1, 0.15) is 48.8 Å². The van der Waals surface area contributed by atoms with Crippen molar-refractivity contribution in [3.63, 3.8) is 0 Å². The summed E-state index contributed by atoms with van der Waals surface area (Å²) < 4.78 is 4.89. The van der Waals surface area contributed by atoms with Gasteiger partial charge in [0.1, 0.15) is 17.3 Å². The fourth-order valence-electron chi connectivity index (χ4n) is 4.28. The maximum absolute atomic E-state index is 12.0. The van der Waals surface area contributed by atoms with Gasteiger partial charge in [0, 0.05) is 29.4 Å². The number of carbonyl (C=O) groups excluding carboxylic acids is 1. The largest absolute Gasteiger partial charge is 0.465 e. The molecule has 0 saturated heterocycles. The van der Waals surface area contributed by atoms with Crippen molar-refractivity contribution in [3.05, 3.63) is 29.6 Å². The van der Waals surface area contributed by atoms with Crippen molar-refractivity contribution < 1.29 is 9.53 Å². The fourth-order valence-corrected chi connectivity index (χ4v) is 4.28. The van der Waals surface area contributed by atoms with Crippen molar-refractivity contribution in [1.29, 1.82) is 0 Å². The number of H-pyrrole nitrogens is 1. The topological polar surface area (TPSA) is 83.1 Å². The van der Waals surface area contributed by atoms with Crippen molar-refractivity contribution in [2.45, 2.75) is 51.1 Å². The van der Waals surface area contributed by atoms with E-state index in [1.54, 1.807) is 6.07 Å². The molecule has 154 valence electrons. The number of aromatic amines is 1. The zero-order valence-corrected chi connectivity index (χ0v) is 17.6. The molecule has 2 aromatic heterocycles. The minimum Gasteiger partial charge on any atom is -0.465 e. The molecule has 0 aliphatic heterocycles. The van der Waals surface area contributed by atoms with Crippen molar-refractivity contribution in [2.24, 2.45) is 0 Å². The summed E-state index contributed by atoms with van der Waals surface area (Å²) in [5, 5.41) is 5.58. The van der Waals surface area contributed by atoms with Crippen molar-refractivity contribution in [3.8, 4) is 0 Å². The van der Waals surface area contributed by atoms with Gasteiger partial charge in [-0.05, 0) is 58.0 Å². The first kappa shape index (κ1) is 19.6. The number of hydrogen-bond donors (Lipinski definition) is 2. The summed E-state index contributed by atoms with van der Waals surface area (Å²) in [5.41, 5.74) is 2.27. The molecule has 3 aromatic rings. The van der Waals surface area contributed by atoms with E-state index < -0.39 is 0 Å². The predicted octanol–water partition coefficient (Wildman–Crippen LogP) is 3.74. The van der Waals surface area contributed by atoms with E-state index in [1.807, 2.05) is 12.1 Å². The van der Waals surface area contributed by atoms with E-state index in [4.69, 9.17) is 9.72 Å². The summed E-state index contributed by atoms with van der Waals surface area (Å²) in [4.78, 5) is 27.2. The number of aryl methyl sites for hydroxylation is 1. The molecule has 7 heteroatoms. The lowest BCUT2D eigenvalue weighted by atomic mass is 9.90. The second-order valence-electron chi connectivity index (χ2n) is 8.06. The number of anilines is 1. The van der Waals surface area contributed by atoms with Gasteiger partial charge in [-0.15, -0.1) is 0 Å². The van der Waals surface area contributed by atoms with Crippen molar-refractivity contribution in [1.82, 2.24) is 19.9 Å². The molecule has 0 atom stereocenters. The third-order valence-corrected chi connectivity index (χ3v) is 6.00. The van der Waals surface area contributed by atoms with Crippen LogP contribution in [-0.4, -0.2) is 59.1 Å². The van der Waals surface area contributed by atoms with Gasteiger partial charge in [0.2, 0.25) is 0 Å². The molecule has 1 aliphatic carbocycles. The zero-order valence-electron chi connectivity index (χ0n) is 17.6. The fraction of sp³-hybridized carbons (Fsp3) is 0.500. The lowest BCUT2D eigenvalue weighted by molar-refractivity contribution is 0.0601. The molecule has 0 spiro atoms. The van der Waals surface area contributed by atoms with Gasteiger partial charge in [0.15, 0.2) is 0 Å². The lowest BCUT2D eigenvalue weighted by Gasteiger charge is -2.33. The van der Waals surface area contributed by atoms with Gasteiger partial charge >= 0.3 is 5.97 Å². The highest BCUT2D eigenvalue weighted by atomic mass is 16.5. The summed E-state index contributed by atoms with van der Waals surface area (Å²) >= 11 is 0. The van der Waals surface area contributed by atoms with E-state index >= 15 is 0 Å². The number of nitrogens with zero attached hydrogens (tertiary/aromatic N) is 3. The lowest BCUT2D eigenvalue weighted by Crippen LogP contribution is -2.36. The normalized spacial score (nSPS) is 19.8. The summed E-state index contributed by atoms with van der Waals surface area (Å²) in [7, 11) is 5.71. The molecule has 0 radical (unpaired) electrons. The smallest absolute Gasteiger partial charge is 0.337 e. The number of fused-ring (bicyclic) bond motifs is 3. The summed E-state index contributed by atoms with van der Waals surface area (Å²) in [5.74, 6) is 1.32. The first-order valence-electron chi connectivity index (χ1n) is 10.3. The van der Waals surface area contributed by atoms with Crippen LogP contribution in [0.3, 0.4) is 0 Å². The molecule has 1 aromatic carbocycles. The SMILES string of the molecule is CCc1nc(NC2CCC(N(C)C)CC2)c2c(n1)[nH]c1ccc(C(=O)OC)cc12. The van der Waals surface area contributed by atoms with Gasteiger partial charge in [-0.3, -0.25) is 0 Å². The average molecular weight is 396 g/mol.